The van der Waals surface area contributed by atoms with Crippen LogP contribution in [0.1, 0.15) is 6.42 Å². The summed E-state index contributed by atoms with van der Waals surface area (Å²) in [6.07, 6.45) is 1.57. The van der Waals surface area contributed by atoms with E-state index in [2.05, 4.69) is 10.6 Å². The second kappa shape index (κ2) is 10.1. The number of hydrogen-bond donors (Lipinski definition) is 2. The summed E-state index contributed by atoms with van der Waals surface area (Å²) < 4.78 is 56.0. The van der Waals surface area contributed by atoms with Gasteiger partial charge in [0.1, 0.15) is 11.9 Å². The van der Waals surface area contributed by atoms with Crippen LogP contribution in [0, 0.1) is 17.5 Å². The monoisotopic (exact) mass is 521 g/mol. The van der Waals surface area contributed by atoms with E-state index in [0.717, 1.165) is 11.0 Å². The Morgan fingerprint density at radius 1 is 1.06 bits per heavy atom. The third-order valence-electron chi connectivity index (χ3n) is 5.53. The minimum absolute atomic E-state index is 0.0321. The molecule has 3 aromatic carbocycles. The third-order valence-corrected chi connectivity index (χ3v) is 6.74. The highest BCUT2D eigenvalue weighted by atomic mass is 35.5. The molecule has 1 saturated heterocycles. The zero-order chi connectivity index (χ0) is 25.3. The Morgan fingerprint density at radius 3 is 2.51 bits per heavy atom. The topological polar surface area (TPSA) is 78.5 Å². The number of urea groups is 1. The molecule has 0 radical (unpaired) electrons. The maximum atomic E-state index is 15.1. The van der Waals surface area contributed by atoms with Gasteiger partial charge in [0.05, 0.1) is 22.2 Å². The van der Waals surface area contributed by atoms with Gasteiger partial charge in [-0.15, -0.1) is 0 Å². The Kier molecular flexibility index (Phi) is 7.13. The van der Waals surface area contributed by atoms with Gasteiger partial charge in [0.25, 0.3) is 0 Å². The third kappa shape index (κ3) is 5.03. The molecule has 3 aromatic rings. The van der Waals surface area contributed by atoms with Gasteiger partial charge in [-0.05, 0) is 42.8 Å². The molecule has 1 heterocycles. The fraction of sp³-hybridized carbons (Fsp3) is 0.167. The van der Waals surface area contributed by atoms with E-state index in [0.29, 0.717) is 4.90 Å². The molecular formula is C24H19ClF3N3O3S. The number of hydrogen-bond acceptors (Lipinski definition) is 3. The molecule has 182 valence electrons. The van der Waals surface area contributed by atoms with Crippen LogP contribution in [0.25, 0.3) is 11.1 Å². The van der Waals surface area contributed by atoms with Crippen molar-refractivity contribution in [2.24, 2.45) is 0 Å². The van der Waals surface area contributed by atoms with Crippen LogP contribution in [0.2, 0.25) is 5.02 Å². The van der Waals surface area contributed by atoms with Crippen molar-refractivity contribution in [3.63, 3.8) is 0 Å². The predicted molar refractivity (Wildman–Crippen MR) is 128 cm³/mol. The van der Waals surface area contributed by atoms with E-state index < -0.39 is 46.2 Å². The number of halogens is 4. The molecule has 0 aliphatic carbocycles. The van der Waals surface area contributed by atoms with Crippen LogP contribution in [0.15, 0.2) is 59.5 Å². The summed E-state index contributed by atoms with van der Waals surface area (Å²) in [4.78, 5) is 26.5. The van der Waals surface area contributed by atoms with Crippen LogP contribution in [0.5, 0.6) is 0 Å². The standard InChI is InChI=1S/C24H19ClF3N3O3S/c1-35(34)20-5-3-2-4-14(20)15-7-9-19(22(28)21(15)27)31-11-10-18(23(31)32)30-24(33)29-17-8-6-13(25)12-16(17)26/h2-9,12,18H,10-11H2,1H3,(H2,29,30,33). The highest BCUT2D eigenvalue weighted by molar-refractivity contribution is 7.84. The lowest BCUT2D eigenvalue weighted by molar-refractivity contribution is -0.118. The van der Waals surface area contributed by atoms with Crippen molar-refractivity contribution < 1.29 is 27.0 Å². The second-order valence-corrected chi connectivity index (χ2v) is 9.55. The van der Waals surface area contributed by atoms with Gasteiger partial charge in [-0.2, -0.15) is 0 Å². The first kappa shape index (κ1) is 24.7. The van der Waals surface area contributed by atoms with Crippen LogP contribution in [-0.2, 0) is 15.6 Å². The minimum Gasteiger partial charge on any atom is -0.326 e. The summed E-state index contributed by atoms with van der Waals surface area (Å²) >= 11 is 5.68. The first-order chi connectivity index (χ1) is 16.7. The smallest absolute Gasteiger partial charge is 0.319 e. The zero-order valence-electron chi connectivity index (χ0n) is 18.3. The molecule has 2 atom stereocenters. The van der Waals surface area contributed by atoms with Crippen molar-refractivity contribution in [2.75, 3.05) is 23.0 Å². The molecule has 4 rings (SSSR count). The summed E-state index contributed by atoms with van der Waals surface area (Å²) in [6.45, 7) is 0.0321. The minimum atomic E-state index is -1.43. The molecule has 1 aliphatic heterocycles. The lowest BCUT2D eigenvalue weighted by Crippen LogP contribution is -2.43. The van der Waals surface area contributed by atoms with E-state index in [-0.39, 0.29) is 40.5 Å². The van der Waals surface area contributed by atoms with E-state index in [1.807, 2.05) is 0 Å². The maximum Gasteiger partial charge on any atom is 0.319 e. The van der Waals surface area contributed by atoms with Crippen molar-refractivity contribution in [3.05, 3.63) is 77.1 Å². The predicted octanol–water partition coefficient (Wildman–Crippen LogP) is 5.09. The average Bonchev–Trinajstić information content (AvgIpc) is 3.17. The molecule has 3 amide bonds. The molecule has 2 N–H and O–H groups in total. The molecule has 35 heavy (non-hydrogen) atoms. The fourth-order valence-electron chi connectivity index (χ4n) is 3.86. The molecule has 6 nitrogen and oxygen atoms in total. The summed E-state index contributed by atoms with van der Waals surface area (Å²) in [5.74, 6) is -3.81. The Labute approximate surface area is 206 Å². The summed E-state index contributed by atoms with van der Waals surface area (Å²) in [5.41, 5.74) is -0.205. The van der Waals surface area contributed by atoms with Crippen LogP contribution < -0.4 is 15.5 Å². The average molecular weight is 522 g/mol. The first-order valence-corrected chi connectivity index (χ1v) is 12.4. The SMILES string of the molecule is CS(=O)c1ccccc1-c1ccc(N2CCC(NC(=O)Nc3ccc(Cl)cc3F)C2=O)c(F)c1F. The maximum absolute atomic E-state index is 15.1. The number of carbonyl (C=O) groups is 2. The van der Waals surface area contributed by atoms with E-state index >= 15 is 8.78 Å². The summed E-state index contributed by atoms with van der Waals surface area (Å²) in [7, 11) is -1.43. The first-order valence-electron chi connectivity index (χ1n) is 10.4. The van der Waals surface area contributed by atoms with Crippen molar-refractivity contribution in [2.45, 2.75) is 17.4 Å². The fourth-order valence-corrected chi connectivity index (χ4v) is 4.77. The largest absolute Gasteiger partial charge is 0.326 e. The van der Waals surface area contributed by atoms with Crippen LogP contribution in [-0.4, -0.2) is 35.0 Å². The van der Waals surface area contributed by atoms with Crippen LogP contribution in [0.3, 0.4) is 0 Å². The van der Waals surface area contributed by atoms with Crippen LogP contribution >= 0.6 is 11.6 Å². The number of rotatable bonds is 5. The molecule has 0 bridgehead atoms. The Balaban J connectivity index is 1.52. The molecular weight excluding hydrogens is 503 g/mol. The van der Waals surface area contributed by atoms with E-state index in [1.54, 1.807) is 18.2 Å². The van der Waals surface area contributed by atoms with Crippen molar-refractivity contribution in [1.29, 1.82) is 0 Å². The highest BCUT2D eigenvalue weighted by Gasteiger charge is 2.36. The van der Waals surface area contributed by atoms with Gasteiger partial charge in [0.2, 0.25) is 5.91 Å². The van der Waals surface area contributed by atoms with Gasteiger partial charge in [-0.3, -0.25) is 9.00 Å². The van der Waals surface area contributed by atoms with Crippen molar-refractivity contribution >= 4 is 45.7 Å². The van der Waals surface area contributed by atoms with Gasteiger partial charge in [0, 0.05) is 33.8 Å². The second-order valence-electron chi connectivity index (χ2n) is 7.76. The van der Waals surface area contributed by atoms with E-state index in [9.17, 15) is 18.2 Å². The molecule has 0 aromatic heterocycles. The van der Waals surface area contributed by atoms with E-state index in [1.165, 1.54) is 36.6 Å². The van der Waals surface area contributed by atoms with E-state index in [4.69, 9.17) is 11.6 Å². The molecule has 1 fully saturated rings. The van der Waals surface area contributed by atoms with Gasteiger partial charge in [-0.25, -0.2) is 18.0 Å². The Hall–Kier alpha value is -3.37. The molecule has 11 heteroatoms. The van der Waals surface area contributed by atoms with Gasteiger partial charge >= 0.3 is 6.03 Å². The molecule has 0 spiro atoms. The molecule has 1 aliphatic rings. The Morgan fingerprint density at radius 2 is 1.80 bits per heavy atom. The Bertz CT molecular complexity index is 1350. The van der Waals surface area contributed by atoms with Crippen molar-refractivity contribution in [3.8, 4) is 11.1 Å². The number of anilines is 2. The summed E-state index contributed by atoms with van der Waals surface area (Å²) in [5, 5.41) is 4.86. The van der Waals surface area contributed by atoms with Gasteiger partial charge in [-0.1, -0.05) is 29.8 Å². The van der Waals surface area contributed by atoms with Gasteiger partial charge < -0.3 is 15.5 Å². The number of carbonyl (C=O) groups excluding carboxylic acids is 2. The highest BCUT2D eigenvalue weighted by Crippen LogP contribution is 2.34. The summed E-state index contributed by atoms with van der Waals surface area (Å²) in [6, 6.07) is 10.8. The van der Waals surface area contributed by atoms with Crippen molar-refractivity contribution in [1.82, 2.24) is 5.32 Å². The number of nitrogens with zero attached hydrogens (tertiary/aromatic N) is 1. The zero-order valence-corrected chi connectivity index (χ0v) is 19.9. The number of nitrogens with one attached hydrogen (secondary N) is 2. The lowest BCUT2D eigenvalue weighted by Gasteiger charge is -2.19. The molecule has 0 saturated carbocycles. The lowest BCUT2D eigenvalue weighted by atomic mass is 10.0. The normalized spacial score (nSPS) is 16.3. The number of amides is 3. The van der Waals surface area contributed by atoms with Crippen LogP contribution in [0.4, 0.5) is 29.3 Å². The van der Waals surface area contributed by atoms with Gasteiger partial charge in [0.15, 0.2) is 11.6 Å². The quantitative estimate of drug-likeness (QED) is 0.491. The number of benzene rings is 3. The molecule has 2 unspecified atom stereocenters.